The number of halogens is 1. The minimum absolute atomic E-state index is 0.271. The average Bonchev–Trinajstić information content (AvgIpc) is 2.26. The Morgan fingerprint density at radius 2 is 2.07 bits per heavy atom. The molecule has 5 heteroatoms. The molecule has 0 saturated heterocycles. The third kappa shape index (κ3) is 3.89. The maximum absolute atomic E-state index is 11.1. The summed E-state index contributed by atoms with van der Waals surface area (Å²) in [5, 5.41) is 0. The third-order valence-electron chi connectivity index (χ3n) is 2.12. The van der Waals surface area contributed by atoms with Crippen LogP contribution in [-0.4, -0.2) is 24.5 Å². The van der Waals surface area contributed by atoms with Crippen molar-refractivity contribution < 1.29 is 4.79 Å². The average molecular weight is 272 g/mol. The van der Waals surface area contributed by atoms with E-state index in [1.165, 1.54) is 5.56 Å². The Labute approximate surface area is 97.5 Å². The molecule has 0 atom stereocenters. The normalized spacial score (nSPS) is 9.80. The van der Waals surface area contributed by atoms with Gasteiger partial charge in [-0.3, -0.25) is 5.43 Å². The number of hydrazine groups is 1. The molecule has 0 aliphatic rings. The van der Waals surface area contributed by atoms with Gasteiger partial charge in [-0.25, -0.2) is 10.6 Å². The molecule has 0 heterocycles. The summed E-state index contributed by atoms with van der Waals surface area (Å²) in [6.45, 7) is 0.644. The van der Waals surface area contributed by atoms with Crippen LogP contribution < -0.4 is 11.3 Å². The van der Waals surface area contributed by atoms with E-state index in [1.807, 2.05) is 24.3 Å². The van der Waals surface area contributed by atoms with Gasteiger partial charge in [0.25, 0.3) is 0 Å². The van der Waals surface area contributed by atoms with Crippen molar-refractivity contribution in [3.05, 3.63) is 34.3 Å². The lowest BCUT2D eigenvalue weighted by molar-refractivity contribution is 0.209. The monoisotopic (exact) mass is 271 g/mol. The van der Waals surface area contributed by atoms with Crippen LogP contribution in [0.15, 0.2) is 28.7 Å². The lowest BCUT2D eigenvalue weighted by Gasteiger charge is -2.15. The van der Waals surface area contributed by atoms with Crippen molar-refractivity contribution in [3.63, 3.8) is 0 Å². The van der Waals surface area contributed by atoms with E-state index in [1.54, 1.807) is 11.9 Å². The van der Waals surface area contributed by atoms with Gasteiger partial charge in [0.05, 0.1) is 0 Å². The Balaban J connectivity index is 2.43. The maximum Gasteiger partial charge on any atom is 0.331 e. The van der Waals surface area contributed by atoms with Gasteiger partial charge in [-0.1, -0.05) is 28.1 Å². The summed E-state index contributed by atoms with van der Waals surface area (Å²) < 4.78 is 1.05. The minimum atomic E-state index is -0.271. The Morgan fingerprint density at radius 3 is 2.60 bits per heavy atom. The van der Waals surface area contributed by atoms with Crippen LogP contribution >= 0.6 is 15.9 Å². The van der Waals surface area contributed by atoms with E-state index < -0.39 is 0 Å². The van der Waals surface area contributed by atoms with Crippen LogP contribution in [0.25, 0.3) is 0 Å². The summed E-state index contributed by atoms with van der Waals surface area (Å²) in [6.07, 6.45) is 0.817. The maximum atomic E-state index is 11.1. The zero-order valence-electron chi connectivity index (χ0n) is 8.53. The van der Waals surface area contributed by atoms with E-state index in [2.05, 4.69) is 21.4 Å². The fraction of sp³-hybridized carbons (Fsp3) is 0.300. The molecule has 15 heavy (non-hydrogen) atoms. The van der Waals surface area contributed by atoms with Crippen molar-refractivity contribution in [2.75, 3.05) is 13.6 Å². The predicted molar refractivity (Wildman–Crippen MR) is 63.2 cm³/mol. The van der Waals surface area contributed by atoms with E-state index in [0.29, 0.717) is 6.54 Å². The molecule has 0 aliphatic heterocycles. The second kappa shape index (κ2) is 5.72. The largest absolute Gasteiger partial charge is 0.331 e. The molecule has 0 saturated carbocycles. The molecular formula is C10H14BrN3O. The standard InChI is InChI=1S/C10H14BrN3O/c1-14(10(15)13-12)7-6-8-2-4-9(11)5-3-8/h2-5H,6-7,12H2,1H3,(H,13,15). The number of hydrogen-bond acceptors (Lipinski definition) is 2. The molecule has 82 valence electrons. The van der Waals surface area contributed by atoms with Gasteiger partial charge in [-0.2, -0.15) is 0 Å². The van der Waals surface area contributed by atoms with Crippen LogP contribution in [0.5, 0.6) is 0 Å². The van der Waals surface area contributed by atoms with Crippen LogP contribution in [-0.2, 0) is 6.42 Å². The molecule has 0 aliphatic carbocycles. The summed E-state index contributed by atoms with van der Waals surface area (Å²) in [5.74, 6) is 5.01. The zero-order chi connectivity index (χ0) is 11.3. The summed E-state index contributed by atoms with van der Waals surface area (Å²) in [5.41, 5.74) is 3.28. The van der Waals surface area contributed by atoms with Gasteiger partial charge in [0.15, 0.2) is 0 Å². The number of nitrogens with one attached hydrogen (secondary N) is 1. The first-order valence-corrected chi connectivity index (χ1v) is 5.39. The van der Waals surface area contributed by atoms with Crippen molar-refractivity contribution in [2.45, 2.75) is 6.42 Å². The van der Waals surface area contributed by atoms with Gasteiger partial charge < -0.3 is 4.90 Å². The van der Waals surface area contributed by atoms with Crippen molar-refractivity contribution >= 4 is 22.0 Å². The molecule has 3 N–H and O–H groups in total. The molecule has 2 amide bonds. The molecular weight excluding hydrogens is 258 g/mol. The van der Waals surface area contributed by atoms with E-state index in [0.717, 1.165) is 10.9 Å². The number of benzene rings is 1. The highest BCUT2D eigenvalue weighted by atomic mass is 79.9. The molecule has 0 aromatic heterocycles. The SMILES string of the molecule is CN(CCc1ccc(Br)cc1)C(=O)NN. The fourth-order valence-corrected chi connectivity index (χ4v) is 1.42. The number of rotatable bonds is 3. The van der Waals surface area contributed by atoms with Crippen LogP contribution in [0.1, 0.15) is 5.56 Å². The summed E-state index contributed by atoms with van der Waals surface area (Å²) in [4.78, 5) is 12.6. The number of amides is 2. The Morgan fingerprint density at radius 1 is 1.47 bits per heavy atom. The smallest absolute Gasteiger partial charge is 0.326 e. The van der Waals surface area contributed by atoms with Crippen LogP contribution in [0.4, 0.5) is 4.79 Å². The minimum Gasteiger partial charge on any atom is -0.326 e. The van der Waals surface area contributed by atoms with E-state index in [4.69, 9.17) is 5.84 Å². The first kappa shape index (κ1) is 12.0. The molecule has 4 nitrogen and oxygen atoms in total. The lowest BCUT2D eigenvalue weighted by Crippen LogP contribution is -2.41. The van der Waals surface area contributed by atoms with Crippen molar-refractivity contribution in [2.24, 2.45) is 5.84 Å². The highest BCUT2D eigenvalue weighted by Gasteiger charge is 2.05. The zero-order valence-corrected chi connectivity index (χ0v) is 10.1. The quantitative estimate of drug-likeness (QED) is 0.498. The number of nitrogens with two attached hydrogens (primary N) is 1. The molecule has 1 rings (SSSR count). The van der Waals surface area contributed by atoms with Crippen LogP contribution in [0.2, 0.25) is 0 Å². The van der Waals surface area contributed by atoms with Crippen molar-refractivity contribution in [1.29, 1.82) is 0 Å². The molecule has 0 unspecified atom stereocenters. The van der Waals surface area contributed by atoms with E-state index >= 15 is 0 Å². The number of urea groups is 1. The molecule has 0 spiro atoms. The molecule has 1 aromatic carbocycles. The number of nitrogens with zero attached hydrogens (tertiary/aromatic N) is 1. The van der Waals surface area contributed by atoms with Gasteiger partial charge in [-0.15, -0.1) is 0 Å². The topological polar surface area (TPSA) is 58.4 Å². The Hall–Kier alpha value is -1.07. The third-order valence-corrected chi connectivity index (χ3v) is 2.65. The van der Waals surface area contributed by atoms with E-state index in [-0.39, 0.29) is 6.03 Å². The predicted octanol–water partition coefficient (Wildman–Crippen LogP) is 1.51. The second-order valence-electron chi connectivity index (χ2n) is 3.25. The number of carbonyl (C=O) groups is 1. The van der Waals surface area contributed by atoms with E-state index in [9.17, 15) is 4.79 Å². The van der Waals surface area contributed by atoms with Gasteiger partial charge in [0.2, 0.25) is 0 Å². The number of hydrogen-bond donors (Lipinski definition) is 2. The first-order chi connectivity index (χ1) is 7.13. The van der Waals surface area contributed by atoms with Gasteiger partial charge in [0.1, 0.15) is 0 Å². The summed E-state index contributed by atoms with van der Waals surface area (Å²) >= 11 is 3.37. The molecule has 0 radical (unpaired) electrons. The Bertz CT molecular complexity index is 326. The second-order valence-corrected chi connectivity index (χ2v) is 4.16. The highest BCUT2D eigenvalue weighted by molar-refractivity contribution is 9.10. The number of carbonyl (C=O) groups excluding carboxylic acids is 1. The number of likely N-dealkylation sites (N-methyl/N-ethyl adjacent to an activating group) is 1. The lowest BCUT2D eigenvalue weighted by atomic mass is 10.1. The Kier molecular flexibility index (Phi) is 4.58. The highest BCUT2D eigenvalue weighted by Crippen LogP contribution is 2.10. The van der Waals surface area contributed by atoms with Crippen LogP contribution in [0, 0.1) is 0 Å². The molecule has 0 bridgehead atoms. The van der Waals surface area contributed by atoms with Crippen molar-refractivity contribution in [3.8, 4) is 0 Å². The summed E-state index contributed by atoms with van der Waals surface area (Å²) in [7, 11) is 1.71. The van der Waals surface area contributed by atoms with Gasteiger partial charge in [-0.05, 0) is 24.1 Å². The molecule has 0 fully saturated rings. The van der Waals surface area contributed by atoms with Crippen molar-refractivity contribution in [1.82, 2.24) is 10.3 Å². The van der Waals surface area contributed by atoms with Gasteiger partial charge >= 0.3 is 6.03 Å². The van der Waals surface area contributed by atoms with Crippen LogP contribution in [0.3, 0.4) is 0 Å². The molecule has 1 aromatic rings. The van der Waals surface area contributed by atoms with Gasteiger partial charge in [0, 0.05) is 18.1 Å². The first-order valence-electron chi connectivity index (χ1n) is 4.59. The fourth-order valence-electron chi connectivity index (χ4n) is 1.16. The summed E-state index contributed by atoms with van der Waals surface area (Å²) in [6, 6.07) is 7.75.